The van der Waals surface area contributed by atoms with Crippen molar-refractivity contribution in [3.63, 3.8) is 0 Å². The second-order valence-electron chi connectivity index (χ2n) is 7.40. The van der Waals surface area contributed by atoms with Gasteiger partial charge in [-0.25, -0.2) is 14.4 Å². The summed E-state index contributed by atoms with van der Waals surface area (Å²) in [5.41, 5.74) is 1.11. The average Bonchev–Trinajstić information content (AvgIpc) is 2.75. The van der Waals surface area contributed by atoms with Crippen molar-refractivity contribution in [3.8, 4) is 0 Å². The quantitative estimate of drug-likeness (QED) is 0.302. The number of rotatable bonds is 7. The van der Waals surface area contributed by atoms with Crippen LogP contribution in [0.25, 0.3) is 0 Å². The van der Waals surface area contributed by atoms with E-state index in [1.165, 1.54) is 32.1 Å². The van der Waals surface area contributed by atoms with Crippen LogP contribution in [0, 0.1) is 0 Å². The highest BCUT2D eigenvalue weighted by atomic mass is 16.6. The Morgan fingerprint density at radius 2 is 1.16 bits per heavy atom. The molecule has 0 amide bonds. The van der Waals surface area contributed by atoms with Crippen LogP contribution < -0.4 is 0 Å². The first-order chi connectivity index (χ1) is 14.5. The standard InChI is InChI=1S/C22H32O9/c1-7-11(4)10-14(23)29-18-15(24)16(25)19(30-21(27)12(5)8-2)20(17(18)26)31-22(28)13(6)9-3/h8-10,15-20,24-26H,7H2,1-6H3/b11-10+,12-8-,13-9-/t15-,16+,17+,18-,19-,20-/m0/s1. The maximum atomic E-state index is 12.3. The van der Waals surface area contributed by atoms with E-state index in [0.717, 1.165) is 0 Å². The topological polar surface area (TPSA) is 140 Å². The van der Waals surface area contributed by atoms with Gasteiger partial charge in [-0.2, -0.15) is 0 Å². The van der Waals surface area contributed by atoms with Crippen molar-refractivity contribution in [1.29, 1.82) is 0 Å². The van der Waals surface area contributed by atoms with Crippen LogP contribution >= 0.6 is 0 Å². The molecule has 1 fully saturated rings. The third kappa shape index (κ3) is 6.75. The van der Waals surface area contributed by atoms with E-state index in [2.05, 4.69) is 0 Å². The predicted molar refractivity (Wildman–Crippen MR) is 111 cm³/mol. The first kappa shape index (κ1) is 26.5. The largest absolute Gasteiger partial charge is 0.453 e. The minimum atomic E-state index is -1.80. The lowest BCUT2D eigenvalue weighted by Crippen LogP contribution is -2.66. The second kappa shape index (κ2) is 11.8. The Kier molecular flexibility index (Phi) is 10.1. The average molecular weight is 440 g/mol. The maximum absolute atomic E-state index is 12.3. The number of allylic oxidation sites excluding steroid dienone is 3. The zero-order chi connectivity index (χ0) is 23.9. The second-order valence-corrected chi connectivity index (χ2v) is 7.40. The molecule has 0 spiro atoms. The van der Waals surface area contributed by atoms with Crippen molar-refractivity contribution in [3.05, 3.63) is 34.9 Å². The molecule has 6 atom stereocenters. The Hall–Kier alpha value is -2.49. The SMILES string of the molecule is C/C=C(/C)C(=O)O[C@H]1[C@H](O)[C@H](O)[C@H](OC(=O)/C=C(\C)CC)[C@@H](O)[C@@H]1OC(=O)/C(C)=C\C. The fourth-order valence-electron chi connectivity index (χ4n) is 2.72. The van der Waals surface area contributed by atoms with Gasteiger partial charge in [0.15, 0.2) is 18.3 Å². The van der Waals surface area contributed by atoms with Gasteiger partial charge in [0, 0.05) is 17.2 Å². The van der Waals surface area contributed by atoms with Crippen LogP contribution in [0.5, 0.6) is 0 Å². The van der Waals surface area contributed by atoms with E-state index in [1.807, 2.05) is 6.92 Å². The summed E-state index contributed by atoms with van der Waals surface area (Å²) < 4.78 is 15.7. The number of hydrogen-bond donors (Lipinski definition) is 3. The number of carbonyl (C=O) groups excluding carboxylic acids is 3. The van der Waals surface area contributed by atoms with Gasteiger partial charge in [0.2, 0.25) is 0 Å². The summed E-state index contributed by atoms with van der Waals surface area (Å²) in [6.45, 7) is 9.69. The van der Waals surface area contributed by atoms with E-state index in [-0.39, 0.29) is 11.1 Å². The van der Waals surface area contributed by atoms with E-state index in [1.54, 1.807) is 20.8 Å². The minimum Gasteiger partial charge on any atom is -0.453 e. The molecule has 0 aliphatic heterocycles. The van der Waals surface area contributed by atoms with E-state index >= 15 is 0 Å². The van der Waals surface area contributed by atoms with Gasteiger partial charge in [0.05, 0.1) is 0 Å². The Morgan fingerprint density at radius 3 is 1.58 bits per heavy atom. The molecule has 174 valence electrons. The molecule has 0 saturated heterocycles. The van der Waals surface area contributed by atoms with E-state index in [0.29, 0.717) is 12.0 Å². The molecule has 1 saturated carbocycles. The number of aliphatic hydroxyl groups excluding tert-OH is 3. The molecule has 1 aliphatic carbocycles. The lowest BCUT2D eigenvalue weighted by Gasteiger charge is -2.43. The summed E-state index contributed by atoms with van der Waals surface area (Å²) in [5.74, 6) is -2.50. The van der Waals surface area contributed by atoms with Gasteiger partial charge in [-0.05, 0) is 41.0 Å². The van der Waals surface area contributed by atoms with Gasteiger partial charge in [0.25, 0.3) is 0 Å². The number of aliphatic hydroxyl groups is 3. The summed E-state index contributed by atoms with van der Waals surface area (Å²) in [6, 6.07) is 0. The molecule has 3 N–H and O–H groups in total. The molecular weight excluding hydrogens is 408 g/mol. The molecule has 1 aliphatic rings. The summed E-state index contributed by atoms with van der Waals surface area (Å²) in [5, 5.41) is 31.8. The molecule has 9 heteroatoms. The Bertz CT molecular complexity index is 765. The molecule has 0 bridgehead atoms. The van der Waals surface area contributed by atoms with Crippen molar-refractivity contribution in [1.82, 2.24) is 0 Å². The number of esters is 3. The predicted octanol–water partition coefficient (Wildman–Crippen LogP) is 1.11. The molecule has 31 heavy (non-hydrogen) atoms. The van der Waals surface area contributed by atoms with Crippen molar-refractivity contribution in [2.24, 2.45) is 0 Å². The fourth-order valence-corrected chi connectivity index (χ4v) is 2.72. The molecule has 0 unspecified atom stereocenters. The number of hydrogen-bond acceptors (Lipinski definition) is 9. The van der Waals surface area contributed by atoms with Gasteiger partial charge in [-0.1, -0.05) is 24.6 Å². The van der Waals surface area contributed by atoms with E-state index in [9.17, 15) is 29.7 Å². The fraction of sp³-hybridized carbons (Fsp3) is 0.591. The van der Waals surface area contributed by atoms with Crippen molar-refractivity contribution >= 4 is 17.9 Å². The van der Waals surface area contributed by atoms with Gasteiger partial charge in [-0.3, -0.25) is 0 Å². The lowest BCUT2D eigenvalue weighted by atomic mass is 9.84. The van der Waals surface area contributed by atoms with Gasteiger partial charge < -0.3 is 29.5 Å². The monoisotopic (exact) mass is 440 g/mol. The van der Waals surface area contributed by atoms with Crippen LogP contribution in [0.3, 0.4) is 0 Å². The molecular formula is C22H32O9. The number of carbonyl (C=O) groups is 3. The summed E-state index contributed by atoms with van der Waals surface area (Å²) >= 11 is 0. The summed E-state index contributed by atoms with van der Waals surface area (Å²) in [6.07, 6.45) is -5.44. The van der Waals surface area contributed by atoms with Gasteiger partial charge in [0.1, 0.15) is 18.3 Å². The molecule has 0 aromatic carbocycles. The van der Waals surface area contributed by atoms with Crippen molar-refractivity contribution in [2.45, 2.75) is 84.6 Å². The van der Waals surface area contributed by atoms with E-state index in [4.69, 9.17) is 14.2 Å². The zero-order valence-electron chi connectivity index (χ0n) is 18.7. The summed E-state index contributed by atoms with van der Waals surface area (Å²) in [7, 11) is 0. The first-order valence-corrected chi connectivity index (χ1v) is 10.1. The minimum absolute atomic E-state index is 0.206. The lowest BCUT2D eigenvalue weighted by molar-refractivity contribution is -0.244. The highest BCUT2D eigenvalue weighted by molar-refractivity contribution is 5.88. The molecule has 0 heterocycles. The van der Waals surface area contributed by atoms with Crippen LogP contribution in [0.15, 0.2) is 34.9 Å². The summed E-state index contributed by atoms with van der Waals surface area (Å²) in [4.78, 5) is 36.7. The Morgan fingerprint density at radius 1 is 0.742 bits per heavy atom. The van der Waals surface area contributed by atoms with Gasteiger partial charge >= 0.3 is 17.9 Å². The third-order valence-corrected chi connectivity index (χ3v) is 5.19. The first-order valence-electron chi connectivity index (χ1n) is 10.1. The molecule has 0 aromatic heterocycles. The molecule has 1 rings (SSSR count). The van der Waals surface area contributed by atoms with Crippen molar-refractivity contribution in [2.75, 3.05) is 0 Å². The molecule has 9 nitrogen and oxygen atoms in total. The van der Waals surface area contributed by atoms with Crippen LogP contribution in [-0.2, 0) is 28.6 Å². The van der Waals surface area contributed by atoms with Crippen LogP contribution in [0.4, 0.5) is 0 Å². The molecule has 0 aromatic rings. The zero-order valence-corrected chi connectivity index (χ0v) is 18.7. The number of ether oxygens (including phenoxy) is 3. The Balaban J connectivity index is 3.26. The van der Waals surface area contributed by atoms with Gasteiger partial charge in [-0.15, -0.1) is 0 Å². The maximum Gasteiger partial charge on any atom is 0.333 e. The third-order valence-electron chi connectivity index (χ3n) is 5.19. The highest BCUT2D eigenvalue weighted by Gasteiger charge is 2.55. The van der Waals surface area contributed by atoms with E-state index < -0.39 is 54.5 Å². The normalized spacial score (nSPS) is 29.9. The smallest absolute Gasteiger partial charge is 0.333 e. The highest BCUT2D eigenvalue weighted by Crippen LogP contribution is 2.29. The van der Waals surface area contributed by atoms with Crippen LogP contribution in [0.1, 0.15) is 48.0 Å². The Labute approximate surface area is 182 Å². The van der Waals surface area contributed by atoms with Crippen molar-refractivity contribution < 1.29 is 43.9 Å². The molecule has 0 radical (unpaired) electrons. The van der Waals surface area contributed by atoms with Crippen LogP contribution in [-0.4, -0.2) is 69.9 Å². The van der Waals surface area contributed by atoms with Crippen LogP contribution in [0.2, 0.25) is 0 Å².